The van der Waals surface area contributed by atoms with Crippen molar-refractivity contribution < 1.29 is 9.53 Å². The zero-order valence-electron chi connectivity index (χ0n) is 17.7. The van der Waals surface area contributed by atoms with Crippen LogP contribution in [0.2, 0.25) is 10.0 Å². The number of nitrogens with zero attached hydrogens (tertiary/aromatic N) is 3. The molecule has 2 aromatic carbocycles. The van der Waals surface area contributed by atoms with Crippen molar-refractivity contribution >= 4 is 45.8 Å². The van der Waals surface area contributed by atoms with E-state index in [1.165, 1.54) is 11.5 Å². The number of rotatable bonds is 7. The summed E-state index contributed by atoms with van der Waals surface area (Å²) in [6, 6.07) is 12.9. The number of hydrogen-bond donors (Lipinski definition) is 1. The lowest BCUT2D eigenvalue weighted by molar-refractivity contribution is 0.0945. The maximum atomic E-state index is 12.4. The average Bonchev–Trinajstić information content (AvgIpc) is 3.25. The largest absolute Gasteiger partial charge is 0.497 e. The van der Waals surface area contributed by atoms with E-state index in [0.29, 0.717) is 34.5 Å². The highest BCUT2D eigenvalue weighted by Gasteiger charge is 2.22. The van der Waals surface area contributed by atoms with E-state index in [1.54, 1.807) is 25.3 Å². The predicted molar refractivity (Wildman–Crippen MR) is 129 cm³/mol. The minimum Gasteiger partial charge on any atom is -0.497 e. The summed E-state index contributed by atoms with van der Waals surface area (Å²) < 4.78 is 9.83. The number of anilines is 1. The fourth-order valence-corrected chi connectivity index (χ4v) is 5.03. The first kappa shape index (κ1) is 22.8. The van der Waals surface area contributed by atoms with Gasteiger partial charge in [-0.15, -0.1) is 0 Å². The number of carbonyl (C=O) groups is 1. The quantitative estimate of drug-likeness (QED) is 0.499. The second-order valence-corrected chi connectivity index (χ2v) is 9.42. The second-order valence-electron chi connectivity index (χ2n) is 7.82. The van der Waals surface area contributed by atoms with Gasteiger partial charge >= 0.3 is 0 Å². The Kier molecular flexibility index (Phi) is 7.50. The van der Waals surface area contributed by atoms with Crippen molar-refractivity contribution in [2.45, 2.75) is 19.3 Å². The topological polar surface area (TPSA) is 67.3 Å². The fourth-order valence-electron chi connectivity index (χ4n) is 3.76. The molecule has 0 spiro atoms. The third kappa shape index (κ3) is 5.91. The fraction of sp³-hybridized carbons (Fsp3) is 0.348. The highest BCUT2D eigenvalue weighted by Crippen LogP contribution is 2.26. The minimum absolute atomic E-state index is 0.150. The highest BCUT2D eigenvalue weighted by atomic mass is 35.5. The number of hydrogen-bond acceptors (Lipinski definition) is 6. The molecule has 1 N–H and O–H groups in total. The van der Waals surface area contributed by atoms with Crippen LogP contribution in [0.5, 0.6) is 5.75 Å². The Bertz CT molecular complexity index is 1060. The van der Waals surface area contributed by atoms with Crippen LogP contribution in [-0.4, -0.2) is 42.0 Å². The number of carbonyl (C=O) groups excluding carboxylic acids is 1. The summed E-state index contributed by atoms with van der Waals surface area (Å²) in [6.45, 7) is 2.43. The summed E-state index contributed by atoms with van der Waals surface area (Å²) >= 11 is 13.4. The van der Waals surface area contributed by atoms with E-state index in [4.69, 9.17) is 32.9 Å². The molecule has 1 saturated heterocycles. The molecule has 0 bridgehead atoms. The van der Waals surface area contributed by atoms with Crippen LogP contribution >= 0.6 is 34.7 Å². The van der Waals surface area contributed by atoms with E-state index >= 15 is 0 Å². The van der Waals surface area contributed by atoms with Gasteiger partial charge in [-0.3, -0.25) is 4.79 Å². The van der Waals surface area contributed by atoms with Gasteiger partial charge in [0.15, 0.2) is 0 Å². The molecule has 1 amide bonds. The monoisotopic (exact) mass is 490 g/mol. The van der Waals surface area contributed by atoms with Gasteiger partial charge in [0, 0.05) is 53.2 Å². The minimum atomic E-state index is -0.150. The Hall–Kier alpha value is -2.35. The molecule has 4 rings (SSSR count). The molecule has 1 aliphatic heterocycles. The number of nitrogens with one attached hydrogen (secondary N) is 1. The molecule has 6 nitrogen and oxygen atoms in total. The van der Waals surface area contributed by atoms with Gasteiger partial charge in [0.25, 0.3) is 5.91 Å². The van der Waals surface area contributed by atoms with Crippen molar-refractivity contribution in [3.8, 4) is 5.75 Å². The SMILES string of the molecule is COc1cccc(Cc2nsc(N3CCC(CNC(=O)c4cc(Cl)cc(Cl)c4)CC3)n2)c1. The first-order valence-electron chi connectivity index (χ1n) is 10.4. The molecular weight excluding hydrogens is 467 g/mol. The Morgan fingerprint density at radius 3 is 2.66 bits per heavy atom. The van der Waals surface area contributed by atoms with E-state index in [9.17, 15) is 4.79 Å². The van der Waals surface area contributed by atoms with Crippen molar-refractivity contribution in [2.75, 3.05) is 31.6 Å². The van der Waals surface area contributed by atoms with Gasteiger partial charge in [-0.05, 0) is 54.7 Å². The smallest absolute Gasteiger partial charge is 0.251 e. The zero-order valence-corrected chi connectivity index (χ0v) is 20.0. The van der Waals surface area contributed by atoms with E-state index in [0.717, 1.165) is 48.2 Å². The molecule has 1 aromatic heterocycles. The summed E-state index contributed by atoms with van der Waals surface area (Å²) in [7, 11) is 1.67. The van der Waals surface area contributed by atoms with Crippen molar-refractivity contribution in [1.29, 1.82) is 0 Å². The number of halogens is 2. The molecule has 0 radical (unpaired) electrons. The molecule has 168 valence electrons. The highest BCUT2D eigenvalue weighted by molar-refractivity contribution is 7.09. The number of benzene rings is 2. The van der Waals surface area contributed by atoms with Crippen LogP contribution in [0, 0.1) is 5.92 Å². The molecule has 2 heterocycles. The van der Waals surface area contributed by atoms with Gasteiger partial charge in [0.1, 0.15) is 11.6 Å². The molecule has 0 aliphatic carbocycles. The zero-order chi connectivity index (χ0) is 22.5. The van der Waals surface area contributed by atoms with Crippen LogP contribution < -0.4 is 15.0 Å². The van der Waals surface area contributed by atoms with Gasteiger partial charge in [0.05, 0.1) is 7.11 Å². The van der Waals surface area contributed by atoms with Crippen molar-refractivity contribution in [2.24, 2.45) is 5.92 Å². The number of piperidine rings is 1. The Balaban J connectivity index is 1.26. The molecule has 1 aliphatic rings. The molecule has 0 unspecified atom stereocenters. The summed E-state index contributed by atoms with van der Waals surface area (Å²) in [6.07, 6.45) is 2.66. The molecule has 0 saturated carbocycles. The first-order chi connectivity index (χ1) is 15.5. The maximum absolute atomic E-state index is 12.4. The van der Waals surface area contributed by atoms with Crippen molar-refractivity contribution in [3.63, 3.8) is 0 Å². The van der Waals surface area contributed by atoms with E-state index in [1.807, 2.05) is 18.2 Å². The van der Waals surface area contributed by atoms with Crippen LogP contribution in [0.3, 0.4) is 0 Å². The lowest BCUT2D eigenvalue weighted by atomic mass is 9.97. The molecule has 0 atom stereocenters. The molecule has 9 heteroatoms. The summed E-state index contributed by atoms with van der Waals surface area (Å²) in [5, 5.41) is 4.88. The molecular formula is C23H24Cl2N4O2S. The van der Waals surface area contributed by atoms with Gasteiger partial charge < -0.3 is 15.0 Å². The molecule has 32 heavy (non-hydrogen) atoms. The Labute approximate surface area is 201 Å². The van der Waals surface area contributed by atoms with Gasteiger partial charge in [-0.25, -0.2) is 4.98 Å². The normalized spacial score (nSPS) is 14.4. The predicted octanol–water partition coefficient (Wildman–Crippen LogP) is 5.09. The maximum Gasteiger partial charge on any atom is 0.251 e. The first-order valence-corrected chi connectivity index (χ1v) is 12.0. The van der Waals surface area contributed by atoms with E-state index in [-0.39, 0.29) is 5.91 Å². The van der Waals surface area contributed by atoms with Gasteiger partial charge in [-0.2, -0.15) is 4.37 Å². The number of amides is 1. The van der Waals surface area contributed by atoms with Gasteiger partial charge in [-0.1, -0.05) is 35.3 Å². The lowest BCUT2D eigenvalue weighted by Gasteiger charge is -2.31. The average molecular weight is 491 g/mol. The Morgan fingerprint density at radius 1 is 1.19 bits per heavy atom. The van der Waals surface area contributed by atoms with Crippen LogP contribution in [0.4, 0.5) is 5.13 Å². The third-order valence-electron chi connectivity index (χ3n) is 5.51. The third-order valence-corrected chi connectivity index (χ3v) is 6.77. The Morgan fingerprint density at radius 2 is 1.94 bits per heavy atom. The number of aromatic nitrogens is 2. The van der Waals surface area contributed by atoms with Crippen LogP contribution in [0.1, 0.15) is 34.6 Å². The van der Waals surface area contributed by atoms with E-state index in [2.05, 4.69) is 20.7 Å². The summed E-state index contributed by atoms with van der Waals surface area (Å²) in [5.74, 6) is 1.94. The van der Waals surface area contributed by atoms with Crippen LogP contribution in [-0.2, 0) is 6.42 Å². The number of methoxy groups -OCH3 is 1. The molecule has 1 fully saturated rings. The number of ether oxygens (including phenoxy) is 1. The lowest BCUT2D eigenvalue weighted by Crippen LogP contribution is -2.38. The standard InChI is InChI=1S/C23H24Cl2N4O2S/c1-31-20-4-2-3-16(9-20)10-21-27-23(32-28-21)29-7-5-15(6-8-29)14-26-22(30)17-11-18(24)13-19(25)12-17/h2-4,9,11-13,15H,5-8,10,14H2,1H3,(H,26,30). The second kappa shape index (κ2) is 10.5. The summed E-state index contributed by atoms with van der Waals surface area (Å²) in [5.41, 5.74) is 1.61. The van der Waals surface area contributed by atoms with Crippen molar-refractivity contribution in [3.05, 3.63) is 69.5 Å². The van der Waals surface area contributed by atoms with Gasteiger partial charge in [0.2, 0.25) is 5.13 Å². The van der Waals surface area contributed by atoms with Crippen LogP contribution in [0.15, 0.2) is 42.5 Å². The van der Waals surface area contributed by atoms with Crippen LogP contribution in [0.25, 0.3) is 0 Å². The summed E-state index contributed by atoms with van der Waals surface area (Å²) in [4.78, 5) is 19.4. The van der Waals surface area contributed by atoms with E-state index < -0.39 is 0 Å². The molecule has 3 aromatic rings. The van der Waals surface area contributed by atoms with Crippen molar-refractivity contribution in [1.82, 2.24) is 14.7 Å².